The molecule has 2 aromatic rings. The summed E-state index contributed by atoms with van der Waals surface area (Å²) in [5.41, 5.74) is 1.60. The number of nitrogens with zero attached hydrogens (tertiary/aromatic N) is 3. The molecule has 0 unspecified atom stereocenters. The number of ether oxygens (including phenoxy) is 1. The second-order valence-corrected chi connectivity index (χ2v) is 7.61. The Bertz CT molecular complexity index is 855. The van der Waals surface area contributed by atoms with Crippen molar-refractivity contribution in [3.05, 3.63) is 47.9 Å². The molecule has 0 radical (unpaired) electrons. The van der Waals surface area contributed by atoms with Crippen LogP contribution in [0.3, 0.4) is 0 Å². The molecule has 1 amide bonds. The lowest BCUT2D eigenvalue weighted by atomic mass is 10.1. The van der Waals surface area contributed by atoms with Gasteiger partial charge in [0.2, 0.25) is 5.91 Å². The second kappa shape index (κ2) is 9.78. The number of pyridine rings is 1. The van der Waals surface area contributed by atoms with Gasteiger partial charge in [0.1, 0.15) is 11.9 Å². The maximum atomic E-state index is 15.1. The molecule has 2 atom stereocenters. The highest BCUT2D eigenvalue weighted by atomic mass is 19.1. The minimum Gasteiger partial charge on any atom is -0.489 e. The summed E-state index contributed by atoms with van der Waals surface area (Å²) >= 11 is 0. The molecular weight excluding hydrogens is 383 g/mol. The highest BCUT2D eigenvalue weighted by Crippen LogP contribution is 2.30. The Labute approximate surface area is 178 Å². The number of carbonyl (C=O) groups is 1. The molecule has 6 nitrogen and oxygen atoms in total. The molecular formula is C23H31FN4O2. The van der Waals surface area contributed by atoms with Gasteiger partial charge in [-0.3, -0.25) is 4.79 Å². The molecule has 1 aliphatic heterocycles. The van der Waals surface area contributed by atoms with Crippen LogP contribution in [0.4, 0.5) is 15.9 Å². The van der Waals surface area contributed by atoms with Gasteiger partial charge in [0, 0.05) is 39.2 Å². The predicted octanol–water partition coefficient (Wildman–Crippen LogP) is 3.92. The first-order valence-corrected chi connectivity index (χ1v) is 10.6. The lowest BCUT2D eigenvalue weighted by molar-refractivity contribution is -0.119. The van der Waals surface area contributed by atoms with E-state index < -0.39 is 0 Å². The highest BCUT2D eigenvalue weighted by Gasteiger charge is 2.27. The van der Waals surface area contributed by atoms with E-state index in [2.05, 4.69) is 10.3 Å². The van der Waals surface area contributed by atoms with Crippen molar-refractivity contribution in [2.45, 2.75) is 46.3 Å². The van der Waals surface area contributed by atoms with Gasteiger partial charge in [-0.15, -0.1) is 0 Å². The van der Waals surface area contributed by atoms with Crippen LogP contribution in [-0.4, -0.2) is 43.2 Å². The molecule has 1 aliphatic rings. The van der Waals surface area contributed by atoms with E-state index in [4.69, 9.17) is 4.74 Å². The summed E-state index contributed by atoms with van der Waals surface area (Å²) in [4.78, 5) is 19.4. The van der Waals surface area contributed by atoms with Gasteiger partial charge in [-0.1, -0.05) is 12.1 Å². The van der Waals surface area contributed by atoms with Gasteiger partial charge in [0.05, 0.1) is 18.3 Å². The monoisotopic (exact) mass is 414 g/mol. The van der Waals surface area contributed by atoms with Gasteiger partial charge >= 0.3 is 0 Å². The van der Waals surface area contributed by atoms with Crippen LogP contribution in [-0.2, 0) is 4.79 Å². The molecule has 162 valence electrons. The van der Waals surface area contributed by atoms with Crippen molar-refractivity contribution in [1.82, 2.24) is 10.3 Å². The molecule has 1 aromatic heterocycles. The Morgan fingerprint density at radius 2 is 2.00 bits per heavy atom. The lowest BCUT2D eigenvalue weighted by Gasteiger charge is -2.24. The summed E-state index contributed by atoms with van der Waals surface area (Å²) in [6, 6.07) is 9.45. The molecule has 30 heavy (non-hydrogen) atoms. The van der Waals surface area contributed by atoms with Crippen LogP contribution in [0.5, 0.6) is 5.75 Å². The zero-order valence-corrected chi connectivity index (χ0v) is 18.2. The zero-order valence-electron chi connectivity index (χ0n) is 18.2. The molecule has 7 heteroatoms. The third-order valence-corrected chi connectivity index (χ3v) is 5.50. The number of carbonyl (C=O) groups excluding carboxylic acids is 1. The third-order valence-electron chi connectivity index (χ3n) is 5.50. The summed E-state index contributed by atoms with van der Waals surface area (Å²) in [6.07, 6.45) is 2.50. The third kappa shape index (κ3) is 5.01. The molecule has 0 aliphatic carbocycles. The molecule has 1 aromatic carbocycles. The minimum atomic E-state index is -0.266. The van der Waals surface area contributed by atoms with E-state index in [0.29, 0.717) is 31.1 Å². The molecule has 1 fully saturated rings. The van der Waals surface area contributed by atoms with E-state index >= 15 is 4.39 Å². The normalized spacial score (nSPS) is 17.0. The molecule has 0 bridgehead atoms. The van der Waals surface area contributed by atoms with Crippen LogP contribution in [0.2, 0.25) is 0 Å². The highest BCUT2D eigenvalue weighted by molar-refractivity contribution is 5.73. The number of hydrogen-bond acceptors (Lipinski definition) is 5. The van der Waals surface area contributed by atoms with E-state index in [0.717, 1.165) is 24.3 Å². The number of rotatable bonds is 8. The quantitative estimate of drug-likeness (QED) is 0.710. The summed E-state index contributed by atoms with van der Waals surface area (Å²) < 4.78 is 21.2. The Kier molecular flexibility index (Phi) is 7.13. The Morgan fingerprint density at radius 1 is 1.30 bits per heavy atom. The van der Waals surface area contributed by atoms with Crippen molar-refractivity contribution in [2.24, 2.45) is 0 Å². The van der Waals surface area contributed by atoms with Crippen LogP contribution in [0.15, 0.2) is 36.5 Å². The molecule has 0 saturated carbocycles. The minimum absolute atomic E-state index is 0.00640. The number of hydrogen-bond donors (Lipinski definition) is 1. The largest absolute Gasteiger partial charge is 0.489 e. The molecule has 1 N–H and O–H groups in total. The average Bonchev–Trinajstić information content (AvgIpc) is 3.18. The average molecular weight is 415 g/mol. The second-order valence-electron chi connectivity index (χ2n) is 7.61. The predicted molar refractivity (Wildman–Crippen MR) is 118 cm³/mol. The Morgan fingerprint density at radius 3 is 2.63 bits per heavy atom. The first-order valence-electron chi connectivity index (χ1n) is 10.6. The molecule has 0 spiro atoms. The Balaban J connectivity index is 1.64. The van der Waals surface area contributed by atoms with Crippen molar-refractivity contribution >= 4 is 17.4 Å². The van der Waals surface area contributed by atoms with Crippen molar-refractivity contribution in [1.29, 1.82) is 0 Å². The summed E-state index contributed by atoms with van der Waals surface area (Å²) in [6.45, 7) is 10.2. The topological polar surface area (TPSA) is 57.7 Å². The summed E-state index contributed by atoms with van der Waals surface area (Å²) in [5, 5.41) is 2.87. The Hall–Kier alpha value is -2.83. The van der Waals surface area contributed by atoms with Crippen molar-refractivity contribution < 1.29 is 13.9 Å². The summed E-state index contributed by atoms with van der Waals surface area (Å²) in [5.74, 6) is 0.866. The zero-order chi connectivity index (χ0) is 21.7. The van der Waals surface area contributed by atoms with Crippen LogP contribution < -0.4 is 19.9 Å². The smallest absolute Gasteiger partial charge is 0.217 e. The van der Waals surface area contributed by atoms with Crippen molar-refractivity contribution in [3.8, 4) is 5.75 Å². The summed E-state index contributed by atoms with van der Waals surface area (Å²) in [7, 11) is 0. The van der Waals surface area contributed by atoms with Crippen LogP contribution in [0.25, 0.3) is 0 Å². The van der Waals surface area contributed by atoms with Gasteiger partial charge in [-0.05, 0) is 44.5 Å². The fourth-order valence-corrected chi connectivity index (χ4v) is 3.87. The first kappa shape index (κ1) is 21.9. The van der Waals surface area contributed by atoms with E-state index in [-0.39, 0.29) is 23.9 Å². The number of benzene rings is 1. The van der Waals surface area contributed by atoms with Gasteiger partial charge in [0.15, 0.2) is 11.6 Å². The molecule has 2 heterocycles. The van der Waals surface area contributed by atoms with E-state index in [1.165, 1.54) is 6.92 Å². The SMILES string of the molecule is CCN(CC)c1nccc(N2CC[C@@H](Oc3ccc([C@H](C)NC(C)=O)cc3)C2)c1F. The van der Waals surface area contributed by atoms with Crippen LogP contribution >= 0.6 is 0 Å². The van der Waals surface area contributed by atoms with Crippen molar-refractivity contribution in [2.75, 3.05) is 36.0 Å². The van der Waals surface area contributed by atoms with E-state index in [1.807, 2.05) is 54.8 Å². The van der Waals surface area contributed by atoms with Crippen molar-refractivity contribution in [3.63, 3.8) is 0 Å². The number of amides is 1. The van der Waals surface area contributed by atoms with E-state index in [1.54, 1.807) is 12.3 Å². The fraction of sp³-hybridized carbons (Fsp3) is 0.478. The van der Waals surface area contributed by atoms with Gasteiger partial charge in [0.25, 0.3) is 0 Å². The number of aromatic nitrogens is 1. The van der Waals surface area contributed by atoms with Gasteiger partial charge in [-0.25, -0.2) is 9.37 Å². The first-order chi connectivity index (χ1) is 14.4. The number of anilines is 2. The standard InChI is InChI=1S/C23H31FN4O2/c1-5-27(6-2)23-22(24)21(11-13-25-23)28-14-12-20(15-28)30-19-9-7-18(8-10-19)16(3)26-17(4)29/h7-11,13,16,20H,5-6,12,14-15H2,1-4H3,(H,26,29)/t16-,20+/m0/s1. The van der Waals surface area contributed by atoms with Gasteiger partial charge in [-0.2, -0.15) is 0 Å². The number of halogens is 1. The molecule has 1 saturated heterocycles. The maximum Gasteiger partial charge on any atom is 0.217 e. The van der Waals surface area contributed by atoms with Crippen LogP contribution in [0.1, 0.15) is 45.7 Å². The van der Waals surface area contributed by atoms with Crippen LogP contribution in [0, 0.1) is 5.82 Å². The van der Waals surface area contributed by atoms with Gasteiger partial charge < -0.3 is 19.9 Å². The fourth-order valence-electron chi connectivity index (χ4n) is 3.87. The van der Waals surface area contributed by atoms with E-state index in [9.17, 15) is 4.79 Å². The lowest BCUT2D eigenvalue weighted by Crippen LogP contribution is -2.28. The maximum absolute atomic E-state index is 15.1. The number of nitrogens with one attached hydrogen (secondary N) is 1. The molecule has 3 rings (SSSR count).